The van der Waals surface area contributed by atoms with Gasteiger partial charge in [-0.3, -0.25) is 9.59 Å². The van der Waals surface area contributed by atoms with Crippen LogP contribution in [0.2, 0.25) is 0 Å². The van der Waals surface area contributed by atoms with Crippen LogP contribution in [-0.2, 0) is 16.1 Å². The van der Waals surface area contributed by atoms with Crippen molar-refractivity contribution in [3.63, 3.8) is 0 Å². The fourth-order valence-corrected chi connectivity index (χ4v) is 3.14. The summed E-state index contributed by atoms with van der Waals surface area (Å²) in [4.78, 5) is 25.9. The Morgan fingerprint density at radius 1 is 1.04 bits per heavy atom. The number of para-hydroxylation sites is 2. The Morgan fingerprint density at radius 3 is 2.81 bits per heavy atom. The van der Waals surface area contributed by atoms with Crippen molar-refractivity contribution in [3.05, 3.63) is 48.0 Å². The zero-order valence-corrected chi connectivity index (χ0v) is 14.8. The quantitative estimate of drug-likeness (QED) is 0.846. The number of hydrogen-bond acceptors (Lipinski definition) is 5. The Bertz CT molecular complexity index is 867. The van der Waals surface area contributed by atoms with Gasteiger partial charge in [-0.25, -0.2) is 0 Å². The van der Waals surface area contributed by atoms with Crippen molar-refractivity contribution in [1.82, 2.24) is 5.32 Å². The normalized spacial score (nSPS) is 14.5. The molecule has 2 aliphatic heterocycles. The molecule has 0 saturated carbocycles. The Hall–Kier alpha value is -3.22. The van der Waals surface area contributed by atoms with Gasteiger partial charge in [-0.1, -0.05) is 18.2 Å². The summed E-state index contributed by atoms with van der Waals surface area (Å²) in [6.45, 7) is 1.17. The van der Waals surface area contributed by atoms with Gasteiger partial charge in [0.1, 0.15) is 5.75 Å². The monoisotopic (exact) mass is 368 g/mol. The van der Waals surface area contributed by atoms with Crippen LogP contribution in [0.1, 0.15) is 18.4 Å². The zero-order valence-electron chi connectivity index (χ0n) is 14.8. The number of hydrogen-bond donors (Lipinski definition) is 1. The third kappa shape index (κ3) is 3.81. The number of carbonyl (C=O) groups is 2. The van der Waals surface area contributed by atoms with Gasteiger partial charge in [0.2, 0.25) is 12.7 Å². The third-order valence-electron chi connectivity index (χ3n) is 4.52. The van der Waals surface area contributed by atoms with E-state index in [2.05, 4.69) is 5.32 Å². The molecular formula is C20H20N2O5. The van der Waals surface area contributed by atoms with Crippen LogP contribution in [-0.4, -0.2) is 31.8 Å². The maximum atomic E-state index is 12.1. The third-order valence-corrected chi connectivity index (χ3v) is 4.52. The van der Waals surface area contributed by atoms with Crippen molar-refractivity contribution in [2.75, 3.05) is 24.8 Å². The number of carbonyl (C=O) groups excluding carboxylic acids is 2. The molecular weight excluding hydrogens is 348 g/mol. The van der Waals surface area contributed by atoms with E-state index in [1.54, 1.807) is 4.90 Å². The lowest BCUT2D eigenvalue weighted by Gasteiger charge is -2.29. The highest BCUT2D eigenvalue weighted by atomic mass is 16.7. The van der Waals surface area contributed by atoms with Gasteiger partial charge in [-0.15, -0.1) is 0 Å². The van der Waals surface area contributed by atoms with Crippen LogP contribution in [0, 0.1) is 0 Å². The minimum atomic E-state index is -0.0885. The zero-order chi connectivity index (χ0) is 18.6. The van der Waals surface area contributed by atoms with Gasteiger partial charge in [0.05, 0.1) is 5.69 Å². The topological polar surface area (TPSA) is 77.1 Å². The van der Waals surface area contributed by atoms with Crippen LogP contribution in [0.25, 0.3) is 0 Å². The molecule has 0 bridgehead atoms. The van der Waals surface area contributed by atoms with Crippen LogP contribution >= 0.6 is 0 Å². The van der Waals surface area contributed by atoms with E-state index in [-0.39, 0.29) is 25.2 Å². The van der Waals surface area contributed by atoms with E-state index in [1.165, 1.54) is 0 Å². The minimum absolute atomic E-state index is 0.0350. The maximum Gasteiger partial charge on any atom is 0.265 e. The Balaban J connectivity index is 1.26. The van der Waals surface area contributed by atoms with Gasteiger partial charge in [0, 0.05) is 19.5 Å². The van der Waals surface area contributed by atoms with Crippen LogP contribution < -0.4 is 24.4 Å². The molecule has 0 saturated heterocycles. The highest BCUT2D eigenvalue weighted by molar-refractivity contribution is 5.97. The Labute approximate surface area is 156 Å². The fraction of sp³-hybridized carbons (Fsp3) is 0.300. The minimum Gasteiger partial charge on any atom is -0.482 e. The predicted octanol–water partition coefficient (Wildman–Crippen LogP) is 2.24. The van der Waals surface area contributed by atoms with Crippen molar-refractivity contribution >= 4 is 17.5 Å². The van der Waals surface area contributed by atoms with Crippen molar-refractivity contribution in [1.29, 1.82) is 0 Å². The smallest absolute Gasteiger partial charge is 0.265 e. The number of anilines is 1. The van der Waals surface area contributed by atoms with Gasteiger partial charge >= 0.3 is 0 Å². The molecule has 0 radical (unpaired) electrons. The van der Waals surface area contributed by atoms with Crippen molar-refractivity contribution < 1.29 is 23.8 Å². The first-order chi connectivity index (χ1) is 13.2. The summed E-state index contributed by atoms with van der Waals surface area (Å²) in [5, 5.41) is 2.89. The second kappa shape index (κ2) is 7.57. The molecule has 0 atom stereocenters. The first-order valence-corrected chi connectivity index (χ1v) is 8.88. The molecule has 0 unspecified atom stereocenters. The van der Waals surface area contributed by atoms with Gasteiger partial charge in [0.15, 0.2) is 18.1 Å². The number of benzene rings is 2. The summed E-state index contributed by atoms with van der Waals surface area (Å²) in [7, 11) is 0. The number of rotatable bonds is 6. The summed E-state index contributed by atoms with van der Waals surface area (Å²) in [6, 6.07) is 13.0. The van der Waals surface area contributed by atoms with Gasteiger partial charge in [-0.05, 0) is 36.2 Å². The molecule has 7 heteroatoms. The second-order valence-electron chi connectivity index (χ2n) is 6.37. The number of amides is 2. The van der Waals surface area contributed by atoms with E-state index in [9.17, 15) is 9.59 Å². The van der Waals surface area contributed by atoms with Crippen LogP contribution in [0.3, 0.4) is 0 Å². The van der Waals surface area contributed by atoms with Gasteiger partial charge in [0.25, 0.3) is 5.91 Å². The van der Waals surface area contributed by atoms with Crippen LogP contribution in [0.4, 0.5) is 5.69 Å². The SMILES string of the molecule is O=C(CCCN1C(=O)COc2ccccc21)NCc1ccc2c(c1)OCO2. The first kappa shape index (κ1) is 17.2. The summed E-state index contributed by atoms with van der Waals surface area (Å²) in [5.41, 5.74) is 1.71. The van der Waals surface area contributed by atoms with E-state index in [0.29, 0.717) is 37.4 Å². The van der Waals surface area contributed by atoms with Crippen molar-refractivity contribution in [2.24, 2.45) is 0 Å². The molecule has 2 aromatic carbocycles. The van der Waals surface area contributed by atoms with Crippen molar-refractivity contribution in [2.45, 2.75) is 19.4 Å². The highest BCUT2D eigenvalue weighted by Crippen LogP contribution is 2.33. The largest absolute Gasteiger partial charge is 0.482 e. The van der Waals surface area contributed by atoms with E-state index >= 15 is 0 Å². The Morgan fingerprint density at radius 2 is 1.89 bits per heavy atom. The average Bonchev–Trinajstić information content (AvgIpc) is 3.16. The molecule has 1 N–H and O–H groups in total. The van der Waals surface area contributed by atoms with Crippen LogP contribution in [0.5, 0.6) is 17.2 Å². The standard InChI is InChI=1S/C20H20N2O5/c23-19(21-11-14-7-8-17-18(10-14)27-13-26-17)6-3-9-22-15-4-1-2-5-16(15)25-12-20(22)24/h1-2,4-5,7-8,10H,3,6,9,11-13H2,(H,21,23). The van der Waals surface area contributed by atoms with Gasteiger partial charge in [-0.2, -0.15) is 0 Å². The molecule has 2 heterocycles. The number of nitrogens with zero attached hydrogens (tertiary/aromatic N) is 1. The lowest BCUT2D eigenvalue weighted by Crippen LogP contribution is -2.39. The molecule has 2 amide bonds. The summed E-state index contributed by atoms with van der Waals surface area (Å²) in [5.74, 6) is 1.98. The van der Waals surface area contributed by atoms with E-state index in [1.807, 2.05) is 42.5 Å². The lowest BCUT2D eigenvalue weighted by molar-refractivity contribution is -0.123. The van der Waals surface area contributed by atoms with E-state index < -0.39 is 0 Å². The number of fused-ring (bicyclic) bond motifs is 2. The highest BCUT2D eigenvalue weighted by Gasteiger charge is 2.24. The van der Waals surface area contributed by atoms with E-state index in [0.717, 1.165) is 17.0 Å². The van der Waals surface area contributed by atoms with Crippen LogP contribution in [0.15, 0.2) is 42.5 Å². The maximum absolute atomic E-state index is 12.1. The van der Waals surface area contributed by atoms with Crippen molar-refractivity contribution in [3.8, 4) is 17.2 Å². The lowest BCUT2D eigenvalue weighted by atomic mass is 10.2. The molecule has 140 valence electrons. The molecule has 7 nitrogen and oxygen atoms in total. The molecule has 2 aliphatic rings. The molecule has 0 spiro atoms. The second-order valence-corrected chi connectivity index (χ2v) is 6.37. The first-order valence-electron chi connectivity index (χ1n) is 8.88. The summed E-state index contributed by atoms with van der Waals surface area (Å²) < 4.78 is 16.0. The predicted molar refractivity (Wildman–Crippen MR) is 97.9 cm³/mol. The molecule has 4 rings (SSSR count). The summed E-state index contributed by atoms with van der Waals surface area (Å²) in [6.07, 6.45) is 0.921. The van der Waals surface area contributed by atoms with Gasteiger partial charge < -0.3 is 24.4 Å². The molecule has 0 fully saturated rings. The number of nitrogens with one attached hydrogen (secondary N) is 1. The molecule has 27 heavy (non-hydrogen) atoms. The Kier molecular flexibility index (Phi) is 4.82. The number of ether oxygens (including phenoxy) is 3. The molecule has 0 aromatic heterocycles. The fourth-order valence-electron chi connectivity index (χ4n) is 3.14. The summed E-state index contributed by atoms with van der Waals surface area (Å²) >= 11 is 0. The molecule has 0 aliphatic carbocycles. The van der Waals surface area contributed by atoms with E-state index in [4.69, 9.17) is 14.2 Å². The average molecular weight is 368 g/mol. The molecule has 2 aromatic rings.